The lowest BCUT2D eigenvalue weighted by molar-refractivity contribution is 0.550. The molecule has 2 atom stereocenters. The van der Waals surface area contributed by atoms with E-state index in [1.54, 1.807) is 4.90 Å². The third kappa shape index (κ3) is 6.57. The fourth-order valence-corrected chi connectivity index (χ4v) is 7.83. The monoisotopic (exact) mass is 798 g/mol. The molecule has 0 saturated heterocycles. The molecule has 16 nitrogen and oxygen atoms in total. The molecule has 2 aromatic heterocycles. The molecule has 0 aliphatic carbocycles. The Morgan fingerprint density at radius 2 is 1.00 bits per heavy atom. The molecular formula is C45H34N16. The number of aliphatic imine (C=N–C) groups is 8. The predicted octanol–water partition coefficient (Wildman–Crippen LogP) is 6.79. The van der Waals surface area contributed by atoms with Gasteiger partial charge in [0.25, 0.3) is 0 Å². The molecule has 5 aromatic rings. The van der Waals surface area contributed by atoms with Crippen LogP contribution >= 0.6 is 0 Å². The summed E-state index contributed by atoms with van der Waals surface area (Å²) >= 11 is 0. The Hall–Kier alpha value is -8.53. The van der Waals surface area contributed by atoms with E-state index in [2.05, 4.69) is 62.4 Å². The maximum atomic E-state index is 4.90. The first-order chi connectivity index (χ1) is 30.1. The summed E-state index contributed by atoms with van der Waals surface area (Å²) in [6, 6.07) is 30.3. The third-order valence-corrected chi connectivity index (χ3v) is 10.9. The van der Waals surface area contributed by atoms with Crippen molar-refractivity contribution >= 4 is 70.1 Å². The largest absolute Gasteiger partial charge is 0.331 e. The van der Waals surface area contributed by atoms with Crippen molar-refractivity contribution < 1.29 is 0 Å². The fourth-order valence-electron chi connectivity index (χ4n) is 7.83. The quantitative estimate of drug-likeness (QED) is 0.170. The van der Waals surface area contributed by atoms with E-state index < -0.39 is 0 Å². The summed E-state index contributed by atoms with van der Waals surface area (Å²) in [4.78, 5) is 49.3. The van der Waals surface area contributed by atoms with E-state index in [0.29, 0.717) is 35.8 Å². The molecule has 12 rings (SSSR count). The van der Waals surface area contributed by atoms with Crippen LogP contribution in [0.5, 0.6) is 0 Å². The van der Waals surface area contributed by atoms with Crippen LogP contribution in [0.4, 0.5) is 17.1 Å². The highest BCUT2D eigenvalue weighted by atomic mass is 15.5. The van der Waals surface area contributed by atoms with Crippen LogP contribution in [-0.2, 0) is 0 Å². The molecule has 61 heavy (non-hydrogen) atoms. The van der Waals surface area contributed by atoms with E-state index in [9.17, 15) is 0 Å². The average Bonchev–Trinajstić information content (AvgIpc) is 4.04. The van der Waals surface area contributed by atoms with Crippen molar-refractivity contribution in [2.75, 3.05) is 29.0 Å². The number of anilines is 3. The number of pyridine rings is 1. The van der Waals surface area contributed by atoms with Crippen LogP contribution in [-0.4, -0.2) is 84.6 Å². The minimum atomic E-state index is 0.0477. The number of benzene rings is 3. The molecule has 9 heterocycles. The Balaban J connectivity index is 0.821. The molecule has 0 fully saturated rings. The number of guanidine groups is 6. The Morgan fingerprint density at radius 1 is 0.508 bits per heavy atom. The highest BCUT2D eigenvalue weighted by Crippen LogP contribution is 2.30. The SMILES string of the molecule is C1=CC2=NC(c3ccc(NC4=NC5=NC(Nc6ccc(-c7cn8ccccc8n7)cc6)=NC6=NC(Nc7ccc(C8CN9C=CC=CC9=N8)cc7)=NC(=N4)N56)cc3)CN2C=C1. The second kappa shape index (κ2) is 14.1. The number of aromatic nitrogens is 2. The van der Waals surface area contributed by atoms with Crippen molar-refractivity contribution in [3.63, 3.8) is 0 Å². The number of rotatable bonds is 6. The summed E-state index contributed by atoms with van der Waals surface area (Å²) in [6.07, 6.45) is 20.3. The van der Waals surface area contributed by atoms with Gasteiger partial charge in [-0.3, -0.25) is 9.98 Å². The number of amidine groups is 2. The van der Waals surface area contributed by atoms with E-state index in [4.69, 9.17) is 44.9 Å². The fraction of sp³-hybridized carbons (Fsp3) is 0.0889. The molecule has 16 heteroatoms. The Labute approximate surface area is 349 Å². The van der Waals surface area contributed by atoms with Crippen LogP contribution in [0, 0.1) is 0 Å². The molecule has 0 spiro atoms. The summed E-state index contributed by atoms with van der Waals surface area (Å²) in [5.74, 6) is 3.84. The molecule has 0 amide bonds. The number of allylic oxidation sites excluding steroid dienone is 4. The van der Waals surface area contributed by atoms with Gasteiger partial charge in [-0.05, 0) is 84.0 Å². The topological polar surface area (TPSA) is 162 Å². The van der Waals surface area contributed by atoms with Gasteiger partial charge in [-0.25, -0.2) is 9.88 Å². The Kier molecular flexibility index (Phi) is 7.97. The predicted molar refractivity (Wildman–Crippen MR) is 241 cm³/mol. The standard InChI is InChI=1S/C45H34N16/c1-4-22-58-25-34(49-37(58)7-1)28-10-16-31(17-11-28)46-40-52-43-54-41(47-32-18-12-29(13-19-32)35-26-59-23-5-2-8-38(59)50-35)56-45-57-42(55-44(53-40)61(43)45)48-33-20-14-30(15-21-33)36-27-60-24-6-3-9-39(60)51-36/h1-25,35-36H,26-27H2,(H3,46,47,48,52,53,54,55,56,57). The summed E-state index contributed by atoms with van der Waals surface area (Å²) in [5, 5.41) is 10.1. The summed E-state index contributed by atoms with van der Waals surface area (Å²) in [7, 11) is 0. The van der Waals surface area contributed by atoms with Gasteiger partial charge in [-0.1, -0.05) is 54.6 Å². The number of imidazole rings is 1. The normalized spacial score (nSPS) is 20.4. The number of fused-ring (bicyclic) bond motifs is 3. The maximum absolute atomic E-state index is 4.90. The van der Waals surface area contributed by atoms with Crippen LogP contribution in [0.2, 0.25) is 0 Å². The van der Waals surface area contributed by atoms with Gasteiger partial charge in [0, 0.05) is 47.4 Å². The highest BCUT2D eigenvalue weighted by molar-refractivity contribution is 6.32. The molecule has 294 valence electrons. The number of hydrogen-bond donors (Lipinski definition) is 3. The van der Waals surface area contributed by atoms with Crippen LogP contribution in [0.25, 0.3) is 16.9 Å². The lowest BCUT2D eigenvalue weighted by Gasteiger charge is -2.30. The maximum Gasteiger partial charge on any atom is 0.246 e. The summed E-state index contributed by atoms with van der Waals surface area (Å²) in [6.45, 7) is 1.60. The molecule has 7 aliphatic rings. The molecule has 2 unspecified atom stereocenters. The first-order valence-electron chi connectivity index (χ1n) is 19.9. The molecule has 0 radical (unpaired) electrons. The van der Waals surface area contributed by atoms with E-state index in [1.165, 1.54) is 0 Å². The van der Waals surface area contributed by atoms with E-state index in [0.717, 1.165) is 69.9 Å². The Morgan fingerprint density at radius 3 is 1.48 bits per heavy atom. The van der Waals surface area contributed by atoms with Gasteiger partial charge in [0.1, 0.15) is 17.3 Å². The van der Waals surface area contributed by atoms with Gasteiger partial charge in [0.15, 0.2) is 0 Å². The molecule has 0 saturated carbocycles. The zero-order valence-electron chi connectivity index (χ0n) is 32.3. The van der Waals surface area contributed by atoms with Crippen molar-refractivity contribution in [3.8, 4) is 11.3 Å². The minimum Gasteiger partial charge on any atom is -0.331 e. The first-order valence-corrected chi connectivity index (χ1v) is 19.9. The molecule has 3 aromatic carbocycles. The number of hydrogen-bond acceptors (Lipinski definition) is 15. The first kappa shape index (κ1) is 34.5. The lowest BCUT2D eigenvalue weighted by atomic mass is 10.1. The molecule has 7 aliphatic heterocycles. The second-order valence-corrected chi connectivity index (χ2v) is 14.9. The lowest BCUT2D eigenvalue weighted by Crippen LogP contribution is -2.49. The van der Waals surface area contributed by atoms with Crippen LogP contribution < -0.4 is 16.0 Å². The van der Waals surface area contributed by atoms with Gasteiger partial charge < -0.3 is 30.2 Å². The average molecular weight is 799 g/mol. The van der Waals surface area contributed by atoms with Crippen LogP contribution in [0.15, 0.2) is 192 Å². The van der Waals surface area contributed by atoms with Crippen molar-refractivity contribution in [1.82, 2.24) is 24.1 Å². The zero-order valence-corrected chi connectivity index (χ0v) is 32.3. The number of nitrogens with one attached hydrogen (secondary N) is 3. The smallest absolute Gasteiger partial charge is 0.246 e. The second-order valence-electron chi connectivity index (χ2n) is 14.9. The Bertz CT molecular complexity index is 2880. The minimum absolute atomic E-state index is 0.0477. The van der Waals surface area contributed by atoms with Crippen molar-refractivity contribution in [2.45, 2.75) is 12.1 Å². The van der Waals surface area contributed by atoms with Gasteiger partial charge in [-0.2, -0.15) is 30.0 Å². The van der Waals surface area contributed by atoms with Gasteiger partial charge in [-0.15, -0.1) is 0 Å². The van der Waals surface area contributed by atoms with E-state index in [-0.39, 0.29) is 12.1 Å². The van der Waals surface area contributed by atoms with E-state index in [1.807, 2.05) is 120 Å². The van der Waals surface area contributed by atoms with Crippen molar-refractivity contribution in [2.24, 2.45) is 39.9 Å². The molecule has 0 bridgehead atoms. The van der Waals surface area contributed by atoms with Gasteiger partial charge in [0.2, 0.25) is 35.8 Å². The summed E-state index contributed by atoms with van der Waals surface area (Å²) < 4.78 is 2.00. The highest BCUT2D eigenvalue weighted by Gasteiger charge is 2.35. The van der Waals surface area contributed by atoms with Gasteiger partial charge in [0.05, 0.1) is 30.9 Å². The van der Waals surface area contributed by atoms with Crippen LogP contribution in [0.1, 0.15) is 23.2 Å². The van der Waals surface area contributed by atoms with Gasteiger partial charge >= 0.3 is 0 Å². The number of nitrogens with zero attached hydrogens (tertiary/aromatic N) is 13. The van der Waals surface area contributed by atoms with Crippen LogP contribution in [0.3, 0.4) is 0 Å². The molecular weight excluding hydrogens is 765 g/mol. The summed E-state index contributed by atoms with van der Waals surface area (Å²) in [5.41, 5.74) is 7.39. The third-order valence-electron chi connectivity index (χ3n) is 10.9. The molecule has 3 N–H and O–H groups in total. The van der Waals surface area contributed by atoms with E-state index >= 15 is 0 Å². The zero-order chi connectivity index (χ0) is 40.3. The van der Waals surface area contributed by atoms with Crippen molar-refractivity contribution in [3.05, 3.63) is 163 Å². The van der Waals surface area contributed by atoms with Crippen molar-refractivity contribution in [1.29, 1.82) is 0 Å².